The normalized spacial score (nSPS) is 20.3. The molecule has 1 aromatic heterocycles. The summed E-state index contributed by atoms with van der Waals surface area (Å²) in [7, 11) is 0. The summed E-state index contributed by atoms with van der Waals surface area (Å²) in [6, 6.07) is 1.60. The first-order valence-corrected chi connectivity index (χ1v) is 6.63. The Morgan fingerprint density at radius 3 is 2.88 bits per heavy atom. The molecule has 94 valence electrons. The van der Waals surface area contributed by atoms with Gasteiger partial charge in [-0.2, -0.15) is 0 Å². The molecule has 0 radical (unpaired) electrons. The summed E-state index contributed by atoms with van der Waals surface area (Å²) in [5.41, 5.74) is 0. The molecule has 0 saturated carbocycles. The largest absolute Gasteiger partial charge is 0.381 e. The number of anilines is 1. The Morgan fingerprint density at radius 1 is 1.35 bits per heavy atom. The Bertz CT molecular complexity index is 395. The van der Waals surface area contributed by atoms with Gasteiger partial charge >= 0.3 is 0 Å². The summed E-state index contributed by atoms with van der Waals surface area (Å²) >= 11 is 17.7. The van der Waals surface area contributed by atoms with E-state index < -0.39 is 0 Å². The number of nitrogens with zero attached hydrogens (tertiary/aromatic N) is 1. The molecule has 0 bridgehead atoms. The van der Waals surface area contributed by atoms with Gasteiger partial charge in [-0.15, -0.1) is 0 Å². The molecule has 1 N–H and O–H groups in total. The fraction of sp³-hybridized carbons (Fsp3) is 0.545. The van der Waals surface area contributed by atoms with E-state index in [2.05, 4.69) is 10.3 Å². The zero-order valence-corrected chi connectivity index (χ0v) is 11.4. The molecule has 0 aromatic carbocycles. The van der Waals surface area contributed by atoms with Crippen molar-refractivity contribution in [2.24, 2.45) is 5.92 Å². The van der Waals surface area contributed by atoms with Crippen LogP contribution >= 0.6 is 34.8 Å². The number of halogens is 3. The van der Waals surface area contributed by atoms with Crippen LogP contribution in [-0.2, 0) is 4.74 Å². The zero-order chi connectivity index (χ0) is 12.3. The van der Waals surface area contributed by atoms with Crippen molar-refractivity contribution in [3.63, 3.8) is 0 Å². The van der Waals surface area contributed by atoms with Gasteiger partial charge in [-0.05, 0) is 24.8 Å². The van der Waals surface area contributed by atoms with E-state index in [0.29, 0.717) is 21.8 Å². The van der Waals surface area contributed by atoms with Crippen molar-refractivity contribution in [1.82, 2.24) is 4.98 Å². The minimum absolute atomic E-state index is 0.262. The van der Waals surface area contributed by atoms with E-state index in [4.69, 9.17) is 39.5 Å². The molecule has 2 rings (SSSR count). The molecule has 2 heterocycles. The van der Waals surface area contributed by atoms with Crippen LogP contribution in [0.15, 0.2) is 6.07 Å². The average Bonchev–Trinajstić information content (AvgIpc) is 2.33. The lowest BCUT2D eigenvalue weighted by molar-refractivity contribution is 0.0595. The minimum Gasteiger partial charge on any atom is -0.381 e. The van der Waals surface area contributed by atoms with Crippen molar-refractivity contribution in [2.45, 2.75) is 12.8 Å². The summed E-state index contributed by atoms with van der Waals surface area (Å²) in [4.78, 5) is 4.11. The summed E-state index contributed by atoms with van der Waals surface area (Å²) < 4.78 is 5.40. The number of ether oxygens (including phenoxy) is 1. The van der Waals surface area contributed by atoms with Crippen molar-refractivity contribution in [3.05, 3.63) is 21.3 Å². The Kier molecular flexibility index (Phi) is 4.74. The summed E-state index contributed by atoms with van der Waals surface area (Å²) in [5.74, 6) is 1.07. The zero-order valence-electron chi connectivity index (χ0n) is 9.18. The fourth-order valence-electron chi connectivity index (χ4n) is 1.78. The summed E-state index contributed by atoms with van der Waals surface area (Å²) in [5, 5.41) is 4.29. The monoisotopic (exact) mass is 294 g/mol. The van der Waals surface area contributed by atoms with Gasteiger partial charge in [0, 0.05) is 13.2 Å². The molecule has 3 nitrogen and oxygen atoms in total. The van der Waals surface area contributed by atoms with E-state index in [9.17, 15) is 0 Å². The van der Waals surface area contributed by atoms with Gasteiger partial charge in [-0.25, -0.2) is 4.98 Å². The molecule has 1 aliphatic heterocycles. The lowest BCUT2D eigenvalue weighted by Crippen LogP contribution is -2.24. The third kappa shape index (κ3) is 3.62. The van der Waals surface area contributed by atoms with Gasteiger partial charge < -0.3 is 10.1 Å². The highest BCUT2D eigenvalue weighted by molar-refractivity contribution is 6.42. The van der Waals surface area contributed by atoms with Crippen LogP contribution in [0, 0.1) is 5.92 Å². The first-order valence-electron chi connectivity index (χ1n) is 5.50. The number of nitrogens with one attached hydrogen (secondary N) is 1. The highest BCUT2D eigenvalue weighted by Crippen LogP contribution is 2.29. The van der Waals surface area contributed by atoms with Crippen molar-refractivity contribution >= 4 is 40.6 Å². The van der Waals surface area contributed by atoms with Gasteiger partial charge in [-0.3, -0.25) is 0 Å². The maximum absolute atomic E-state index is 6.02. The van der Waals surface area contributed by atoms with E-state index in [-0.39, 0.29) is 5.15 Å². The lowest BCUT2D eigenvalue weighted by Gasteiger charge is -2.22. The van der Waals surface area contributed by atoms with Crippen molar-refractivity contribution in [2.75, 3.05) is 25.1 Å². The van der Waals surface area contributed by atoms with Crippen LogP contribution < -0.4 is 5.32 Å². The molecule has 1 fully saturated rings. The van der Waals surface area contributed by atoms with Gasteiger partial charge in [0.25, 0.3) is 0 Å². The Balaban J connectivity index is 1.96. The number of aromatic nitrogens is 1. The van der Waals surface area contributed by atoms with E-state index in [1.807, 2.05) is 0 Å². The predicted molar refractivity (Wildman–Crippen MR) is 71.3 cm³/mol. The standard InChI is InChI=1S/C11H13Cl3N2O/c12-8-4-9(13)11(16-10(8)14)15-5-7-2-1-3-17-6-7/h4,7H,1-3,5-6H2,(H,15,16). The number of hydrogen-bond acceptors (Lipinski definition) is 3. The molecule has 1 saturated heterocycles. The second-order valence-corrected chi connectivity index (χ2v) is 5.23. The number of rotatable bonds is 3. The van der Waals surface area contributed by atoms with Crippen LogP contribution in [0.1, 0.15) is 12.8 Å². The number of hydrogen-bond donors (Lipinski definition) is 1. The quantitative estimate of drug-likeness (QED) is 0.859. The van der Waals surface area contributed by atoms with E-state index in [1.165, 1.54) is 0 Å². The van der Waals surface area contributed by atoms with E-state index in [0.717, 1.165) is 32.6 Å². The molecule has 6 heteroatoms. The summed E-state index contributed by atoms with van der Waals surface area (Å²) in [6.07, 6.45) is 2.26. The van der Waals surface area contributed by atoms with Crippen molar-refractivity contribution in [1.29, 1.82) is 0 Å². The summed E-state index contributed by atoms with van der Waals surface area (Å²) in [6.45, 7) is 2.43. The first-order chi connectivity index (χ1) is 8.16. The SMILES string of the molecule is Clc1cc(Cl)c(NCC2CCCOC2)nc1Cl. The predicted octanol–water partition coefficient (Wildman–Crippen LogP) is 3.88. The molecule has 1 aromatic rings. The van der Waals surface area contributed by atoms with E-state index in [1.54, 1.807) is 6.07 Å². The minimum atomic E-state index is 0.262. The fourth-order valence-corrected chi connectivity index (χ4v) is 2.34. The second kappa shape index (κ2) is 6.10. The maximum Gasteiger partial charge on any atom is 0.150 e. The second-order valence-electron chi connectivity index (χ2n) is 4.06. The topological polar surface area (TPSA) is 34.1 Å². The molecular weight excluding hydrogens is 282 g/mol. The molecule has 1 aliphatic rings. The first kappa shape index (κ1) is 13.2. The van der Waals surface area contributed by atoms with Crippen LogP contribution in [0.25, 0.3) is 0 Å². The van der Waals surface area contributed by atoms with Gasteiger partial charge in [-0.1, -0.05) is 34.8 Å². The van der Waals surface area contributed by atoms with Crippen LogP contribution in [0.2, 0.25) is 15.2 Å². The van der Waals surface area contributed by atoms with Crippen LogP contribution in [0.5, 0.6) is 0 Å². The average molecular weight is 296 g/mol. The van der Waals surface area contributed by atoms with Crippen LogP contribution in [-0.4, -0.2) is 24.7 Å². The van der Waals surface area contributed by atoms with Gasteiger partial charge in [0.15, 0.2) is 0 Å². The van der Waals surface area contributed by atoms with Gasteiger partial charge in [0.1, 0.15) is 11.0 Å². The molecule has 1 atom stereocenters. The van der Waals surface area contributed by atoms with E-state index >= 15 is 0 Å². The van der Waals surface area contributed by atoms with Crippen molar-refractivity contribution < 1.29 is 4.74 Å². The molecule has 17 heavy (non-hydrogen) atoms. The molecule has 0 aliphatic carbocycles. The highest BCUT2D eigenvalue weighted by Gasteiger charge is 2.15. The van der Waals surface area contributed by atoms with Gasteiger partial charge in [0.05, 0.1) is 16.7 Å². The Morgan fingerprint density at radius 2 is 2.18 bits per heavy atom. The molecule has 0 spiro atoms. The smallest absolute Gasteiger partial charge is 0.150 e. The molecule has 0 amide bonds. The molecule has 1 unspecified atom stereocenters. The molecular formula is C11H13Cl3N2O. The number of pyridine rings is 1. The Labute approximate surface area is 115 Å². The third-order valence-corrected chi connectivity index (χ3v) is 3.66. The third-order valence-electron chi connectivity index (χ3n) is 2.70. The maximum atomic E-state index is 6.02. The lowest BCUT2D eigenvalue weighted by atomic mass is 10.0. The van der Waals surface area contributed by atoms with Crippen LogP contribution in [0.3, 0.4) is 0 Å². The van der Waals surface area contributed by atoms with Crippen LogP contribution in [0.4, 0.5) is 5.82 Å². The highest BCUT2D eigenvalue weighted by atomic mass is 35.5. The Hall–Kier alpha value is -0.220. The van der Waals surface area contributed by atoms with Gasteiger partial charge in [0.2, 0.25) is 0 Å². The van der Waals surface area contributed by atoms with Crippen molar-refractivity contribution in [3.8, 4) is 0 Å².